The Morgan fingerprint density at radius 2 is 1.27 bits per heavy atom. The molecule has 0 bridgehead atoms. The molecule has 1 aliphatic carbocycles. The Bertz CT molecular complexity index is 2770. The molecule has 10 rings (SSSR count). The molecule has 9 aromatic rings. The first-order valence-corrected chi connectivity index (χ1v) is 17.7. The summed E-state index contributed by atoms with van der Waals surface area (Å²) in [5, 5.41) is 7.32. The highest BCUT2D eigenvalue weighted by Gasteiger charge is 2.18. The average Bonchev–Trinajstić information content (AvgIpc) is 3.56. The van der Waals surface area contributed by atoms with Crippen molar-refractivity contribution >= 4 is 64.1 Å². The van der Waals surface area contributed by atoms with E-state index in [1.807, 2.05) is 17.5 Å². The summed E-state index contributed by atoms with van der Waals surface area (Å²) in [5.74, 6) is 0.345. The molecule has 3 heteroatoms. The smallest absolute Gasteiger partial charge is 0.0979 e. The van der Waals surface area contributed by atoms with Crippen molar-refractivity contribution in [1.82, 2.24) is 9.97 Å². The zero-order valence-corrected chi connectivity index (χ0v) is 27.5. The zero-order chi connectivity index (χ0) is 32.3. The van der Waals surface area contributed by atoms with Crippen molar-refractivity contribution in [2.75, 3.05) is 0 Å². The fourth-order valence-corrected chi connectivity index (χ4v) is 8.78. The van der Waals surface area contributed by atoms with Gasteiger partial charge in [-0.25, -0.2) is 4.98 Å². The van der Waals surface area contributed by atoms with Crippen LogP contribution in [-0.2, 0) is 0 Å². The Labute approximate surface area is 288 Å². The van der Waals surface area contributed by atoms with E-state index >= 15 is 0 Å². The van der Waals surface area contributed by atoms with E-state index in [1.165, 1.54) is 58.8 Å². The summed E-state index contributed by atoms with van der Waals surface area (Å²) >= 11 is 1.89. The standard InChI is InChI=1S/C46H30N2S/c1-3-12-29(13-4-1)31-22-23-43-40(25-31)41-27-34(30-14-5-2-6-15-30)26-39(46(41)49-43)32-16-11-17-33(24-32)42-28-47-44-37-20-9-7-18-35(37)36-19-8-10-21-38(36)45(44)48-42/h1-14,16-28,30H,15H2. The molecule has 2 nitrogen and oxygen atoms in total. The first-order valence-electron chi connectivity index (χ1n) is 16.8. The Kier molecular flexibility index (Phi) is 6.53. The van der Waals surface area contributed by atoms with Crippen molar-refractivity contribution in [1.29, 1.82) is 0 Å². The minimum Gasteiger partial charge on any atom is -0.252 e. The Balaban J connectivity index is 1.17. The van der Waals surface area contributed by atoms with Crippen LogP contribution in [0, 0.1) is 0 Å². The van der Waals surface area contributed by atoms with Gasteiger partial charge in [-0.2, -0.15) is 0 Å². The third kappa shape index (κ3) is 4.69. The highest BCUT2D eigenvalue weighted by atomic mass is 32.1. The third-order valence-corrected chi connectivity index (χ3v) is 11.2. The van der Waals surface area contributed by atoms with Crippen LogP contribution in [-0.4, -0.2) is 9.97 Å². The Morgan fingerprint density at radius 3 is 2.06 bits per heavy atom. The molecule has 230 valence electrons. The molecule has 2 aromatic heterocycles. The van der Waals surface area contributed by atoms with Crippen LogP contribution in [0.4, 0.5) is 0 Å². The third-order valence-electron chi connectivity index (χ3n) is 10.0. The van der Waals surface area contributed by atoms with Gasteiger partial charge >= 0.3 is 0 Å². The highest BCUT2D eigenvalue weighted by Crippen LogP contribution is 2.44. The minimum absolute atomic E-state index is 0.345. The van der Waals surface area contributed by atoms with Gasteiger partial charge in [-0.05, 0) is 75.3 Å². The summed E-state index contributed by atoms with van der Waals surface area (Å²) in [6.07, 6.45) is 11.9. The maximum absolute atomic E-state index is 5.31. The molecule has 0 saturated heterocycles. The van der Waals surface area contributed by atoms with Crippen molar-refractivity contribution in [3.63, 3.8) is 0 Å². The van der Waals surface area contributed by atoms with Crippen LogP contribution < -0.4 is 0 Å². The molecule has 49 heavy (non-hydrogen) atoms. The van der Waals surface area contributed by atoms with Gasteiger partial charge in [-0.3, -0.25) is 4.98 Å². The molecule has 0 spiro atoms. The number of hydrogen-bond acceptors (Lipinski definition) is 3. The molecule has 1 atom stereocenters. The topological polar surface area (TPSA) is 25.8 Å². The molecule has 0 amide bonds. The van der Waals surface area contributed by atoms with Crippen LogP contribution in [0.1, 0.15) is 17.9 Å². The minimum atomic E-state index is 0.345. The number of nitrogens with zero attached hydrogens (tertiary/aromatic N) is 2. The van der Waals surface area contributed by atoms with Crippen molar-refractivity contribution in [2.24, 2.45) is 0 Å². The van der Waals surface area contributed by atoms with E-state index in [4.69, 9.17) is 9.97 Å². The van der Waals surface area contributed by atoms with Gasteiger partial charge in [0.1, 0.15) is 0 Å². The van der Waals surface area contributed by atoms with Crippen LogP contribution >= 0.6 is 11.3 Å². The van der Waals surface area contributed by atoms with E-state index in [2.05, 4.69) is 158 Å². The van der Waals surface area contributed by atoms with Gasteiger partial charge in [0.25, 0.3) is 0 Å². The molecule has 1 aliphatic rings. The van der Waals surface area contributed by atoms with Crippen LogP contribution in [0.5, 0.6) is 0 Å². The first-order chi connectivity index (χ1) is 24.3. The van der Waals surface area contributed by atoms with Gasteiger partial charge in [0.15, 0.2) is 0 Å². The maximum atomic E-state index is 5.31. The second-order valence-corrected chi connectivity index (χ2v) is 14.0. The highest BCUT2D eigenvalue weighted by molar-refractivity contribution is 7.26. The molecule has 2 heterocycles. The van der Waals surface area contributed by atoms with E-state index in [9.17, 15) is 0 Å². The van der Waals surface area contributed by atoms with Gasteiger partial charge in [-0.1, -0.05) is 127 Å². The molecular formula is C46H30N2S. The number of benzene rings is 7. The van der Waals surface area contributed by atoms with Crippen molar-refractivity contribution in [3.05, 3.63) is 170 Å². The monoisotopic (exact) mass is 642 g/mol. The van der Waals surface area contributed by atoms with E-state index in [0.29, 0.717) is 5.92 Å². The summed E-state index contributed by atoms with van der Waals surface area (Å²) in [6, 6.07) is 48.4. The van der Waals surface area contributed by atoms with Crippen molar-refractivity contribution in [2.45, 2.75) is 12.3 Å². The first kappa shape index (κ1) is 28.1. The van der Waals surface area contributed by atoms with E-state index in [-0.39, 0.29) is 0 Å². The summed E-state index contributed by atoms with van der Waals surface area (Å²) in [4.78, 5) is 10.4. The molecule has 1 unspecified atom stereocenters. The Hall–Kier alpha value is -5.90. The number of rotatable bonds is 4. The lowest BCUT2D eigenvalue weighted by Gasteiger charge is -2.16. The van der Waals surface area contributed by atoms with Crippen LogP contribution in [0.2, 0.25) is 0 Å². The molecule has 0 saturated carbocycles. The second-order valence-electron chi connectivity index (χ2n) is 12.9. The molecule has 0 N–H and O–H groups in total. The van der Waals surface area contributed by atoms with Crippen LogP contribution in [0.25, 0.3) is 86.3 Å². The van der Waals surface area contributed by atoms with Crippen LogP contribution in [0.3, 0.4) is 0 Å². The Morgan fingerprint density at radius 1 is 0.531 bits per heavy atom. The molecule has 0 radical (unpaired) electrons. The number of aromatic nitrogens is 2. The van der Waals surface area contributed by atoms with Crippen LogP contribution in [0.15, 0.2) is 164 Å². The number of fused-ring (bicyclic) bond motifs is 9. The number of allylic oxidation sites excluding steroid dienone is 4. The number of thiophene rings is 1. The fourth-order valence-electron chi connectivity index (χ4n) is 7.58. The molecule has 7 aromatic carbocycles. The average molecular weight is 643 g/mol. The lowest BCUT2D eigenvalue weighted by Crippen LogP contribution is -1.97. The van der Waals surface area contributed by atoms with Gasteiger partial charge in [0.2, 0.25) is 0 Å². The van der Waals surface area contributed by atoms with Gasteiger partial charge in [0.05, 0.1) is 22.9 Å². The quantitative estimate of drug-likeness (QED) is 0.179. The SMILES string of the molecule is C1=CCC(c2cc(-c3cccc(-c4cnc5c6ccccc6c6ccccc6c5n4)c3)c3sc4ccc(-c5ccccc5)cc4c3c2)C=C1. The van der Waals surface area contributed by atoms with E-state index in [1.54, 1.807) is 0 Å². The van der Waals surface area contributed by atoms with E-state index in [0.717, 1.165) is 39.5 Å². The fraction of sp³-hybridized carbons (Fsp3) is 0.0435. The largest absolute Gasteiger partial charge is 0.252 e. The van der Waals surface area contributed by atoms with Gasteiger partial charge < -0.3 is 0 Å². The van der Waals surface area contributed by atoms with Gasteiger partial charge in [-0.15, -0.1) is 11.3 Å². The zero-order valence-electron chi connectivity index (χ0n) is 26.7. The van der Waals surface area contributed by atoms with Crippen molar-refractivity contribution < 1.29 is 0 Å². The summed E-state index contributed by atoms with van der Waals surface area (Å²) in [7, 11) is 0. The summed E-state index contributed by atoms with van der Waals surface area (Å²) < 4.78 is 2.63. The molecule has 0 aliphatic heterocycles. The molecule has 0 fully saturated rings. The summed E-state index contributed by atoms with van der Waals surface area (Å²) in [6.45, 7) is 0. The lowest BCUT2D eigenvalue weighted by molar-refractivity contribution is 0.856. The maximum Gasteiger partial charge on any atom is 0.0979 e. The van der Waals surface area contributed by atoms with E-state index < -0.39 is 0 Å². The lowest BCUT2D eigenvalue weighted by atomic mass is 9.88. The van der Waals surface area contributed by atoms with Gasteiger partial charge in [0, 0.05) is 42.4 Å². The van der Waals surface area contributed by atoms with Crippen molar-refractivity contribution in [3.8, 4) is 33.5 Å². The molecular weight excluding hydrogens is 613 g/mol. The summed E-state index contributed by atoms with van der Waals surface area (Å²) in [5.41, 5.74) is 10.1. The predicted molar refractivity (Wildman–Crippen MR) is 209 cm³/mol. The number of hydrogen-bond donors (Lipinski definition) is 0. The normalized spacial score (nSPS) is 14.5. The predicted octanol–water partition coefficient (Wildman–Crippen LogP) is 12.9. The second kappa shape index (κ2) is 11.4.